The van der Waals surface area contributed by atoms with E-state index in [0.29, 0.717) is 22.6 Å². The van der Waals surface area contributed by atoms with Gasteiger partial charge in [-0.3, -0.25) is 0 Å². The van der Waals surface area contributed by atoms with Gasteiger partial charge in [0.25, 0.3) is 0 Å². The maximum Gasteiger partial charge on any atom is 0.219 e. The summed E-state index contributed by atoms with van der Waals surface area (Å²) in [6.45, 7) is 2.42. The molecule has 1 heterocycles. The summed E-state index contributed by atoms with van der Waals surface area (Å²) in [7, 11) is 0. The largest absolute Gasteiger partial charge is 0.439 e. The van der Waals surface area contributed by atoms with Crippen molar-refractivity contribution in [1.82, 2.24) is 4.98 Å². The zero-order chi connectivity index (χ0) is 13.8. The first-order valence-corrected chi connectivity index (χ1v) is 6.74. The first-order chi connectivity index (χ1) is 9.10. The quantitative estimate of drug-likeness (QED) is 0.930. The van der Waals surface area contributed by atoms with Crippen LogP contribution in [0.15, 0.2) is 34.8 Å². The third-order valence-corrected chi connectivity index (χ3v) is 3.03. The maximum atomic E-state index is 13.3. The molecule has 1 aromatic carbocycles. The molecule has 3 nitrogen and oxygen atoms in total. The van der Waals surface area contributed by atoms with Crippen LogP contribution in [-0.2, 0) is 13.0 Å². The Hall–Kier alpha value is -1.46. The third kappa shape index (κ3) is 3.75. The number of aromatic nitrogens is 1. The van der Waals surface area contributed by atoms with Crippen LogP contribution in [0.2, 0.25) is 0 Å². The highest BCUT2D eigenvalue weighted by atomic mass is 79.9. The van der Waals surface area contributed by atoms with Gasteiger partial charge < -0.3 is 10.5 Å². The minimum absolute atomic E-state index is 0.366. The van der Waals surface area contributed by atoms with E-state index in [-0.39, 0.29) is 5.82 Å². The lowest BCUT2D eigenvalue weighted by molar-refractivity contribution is 0.455. The number of benzene rings is 1. The smallest absolute Gasteiger partial charge is 0.219 e. The van der Waals surface area contributed by atoms with Gasteiger partial charge in [0.15, 0.2) is 0 Å². The molecule has 0 saturated carbocycles. The number of nitrogens with zero attached hydrogens (tertiary/aromatic N) is 1. The standard InChI is InChI=1S/C14H14BrFN2O/c1-2-12-3-9(8-17)4-14(18-12)19-13-6-10(15)5-11(16)7-13/h3-7H,2,8,17H2,1H3. The fourth-order valence-corrected chi connectivity index (χ4v) is 2.12. The molecule has 1 aromatic heterocycles. The Morgan fingerprint density at radius 1 is 1.26 bits per heavy atom. The highest BCUT2D eigenvalue weighted by Crippen LogP contribution is 2.25. The summed E-state index contributed by atoms with van der Waals surface area (Å²) >= 11 is 3.22. The maximum absolute atomic E-state index is 13.3. The van der Waals surface area contributed by atoms with Crippen LogP contribution in [0, 0.1) is 5.82 Å². The summed E-state index contributed by atoms with van der Waals surface area (Å²) < 4.78 is 19.5. The Morgan fingerprint density at radius 2 is 2.05 bits per heavy atom. The van der Waals surface area contributed by atoms with E-state index >= 15 is 0 Å². The van der Waals surface area contributed by atoms with Gasteiger partial charge >= 0.3 is 0 Å². The molecule has 2 N–H and O–H groups in total. The molecule has 0 unspecified atom stereocenters. The molecule has 0 aliphatic heterocycles. The Kier molecular flexibility index (Phi) is 4.50. The number of rotatable bonds is 4. The Morgan fingerprint density at radius 3 is 2.68 bits per heavy atom. The van der Waals surface area contributed by atoms with E-state index in [1.165, 1.54) is 12.1 Å². The summed E-state index contributed by atoms with van der Waals surface area (Å²) in [6, 6.07) is 8.07. The van der Waals surface area contributed by atoms with Crippen LogP contribution < -0.4 is 10.5 Å². The van der Waals surface area contributed by atoms with E-state index in [4.69, 9.17) is 10.5 Å². The monoisotopic (exact) mass is 324 g/mol. The number of aryl methyl sites for hydroxylation is 1. The molecule has 0 aliphatic rings. The van der Waals surface area contributed by atoms with Crippen molar-refractivity contribution in [2.24, 2.45) is 5.73 Å². The number of hydrogen-bond donors (Lipinski definition) is 1. The van der Waals surface area contributed by atoms with Crippen molar-refractivity contribution in [2.75, 3.05) is 0 Å². The SMILES string of the molecule is CCc1cc(CN)cc(Oc2cc(F)cc(Br)c2)n1. The van der Waals surface area contributed by atoms with Gasteiger partial charge in [0, 0.05) is 28.8 Å². The molecule has 0 radical (unpaired) electrons. The van der Waals surface area contributed by atoms with Gasteiger partial charge in [-0.05, 0) is 30.2 Å². The summed E-state index contributed by atoms with van der Waals surface area (Å²) in [5.41, 5.74) is 7.47. The molecular formula is C14H14BrFN2O. The van der Waals surface area contributed by atoms with Gasteiger partial charge in [0.05, 0.1) is 0 Å². The van der Waals surface area contributed by atoms with Crippen molar-refractivity contribution < 1.29 is 9.13 Å². The van der Waals surface area contributed by atoms with E-state index in [1.54, 1.807) is 12.1 Å². The molecule has 0 atom stereocenters. The van der Waals surface area contributed by atoms with Gasteiger partial charge in [-0.2, -0.15) is 0 Å². The molecule has 0 spiro atoms. The average Bonchev–Trinajstić information content (AvgIpc) is 2.37. The van der Waals surface area contributed by atoms with Crippen molar-refractivity contribution in [3.63, 3.8) is 0 Å². The van der Waals surface area contributed by atoms with Crippen molar-refractivity contribution >= 4 is 15.9 Å². The summed E-state index contributed by atoms with van der Waals surface area (Å²) in [5.74, 6) is 0.461. The normalized spacial score (nSPS) is 10.5. The van der Waals surface area contributed by atoms with Gasteiger partial charge in [-0.25, -0.2) is 9.37 Å². The number of hydrogen-bond acceptors (Lipinski definition) is 3. The van der Waals surface area contributed by atoms with Crippen LogP contribution >= 0.6 is 15.9 Å². The molecule has 100 valence electrons. The Labute approximate surface area is 119 Å². The molecule has 0 bridgehead atoms. The van der Waals surface area contributed by atoms with Crippen LogP contribution in [0.3, 0.4) is 0 Å². The van der Waals surface area contributed by atoms with Crippen LogP contribution in [-0.4, -0.2) is 4.98 Å². The second-order valence-corrected chi connectivity index (χ2v) is 4.99. The lowest BCUT2D eigenvalue weighted by atomic mass is 10.2. The predicted molar refractivity (Wildman–Crippen MR) is 75.7 cm³/mol. The molecule has 0 fully saturated rings. The Balaban J connectivity index is 2.31. The fourth-order valence-electron chi connectivity index (χ4n) is 1.68. The Bertz CT molecular complexity index is 547. The van der Waals surface area contributed by atoms with Crippen molar-refractivity contribution in [1.29, 1.82) is 0 Å². The van der Waals surface area contributed by atoms with Gasteiger partial charge in [0.1, 0.15) is 11.6 Å². The van der Waals surface area contributed by atoms with Crippen molar-refractivity contribution in [3.8, 4) is 11.6 Å². The molecule has 0 amide bonds. The van der Waals surface area contributed by atoms with E-state index in [0.717, 1.165) is 17.7 Å². The highest BCUT2D eigenvalue weighted by Gasteiger charge is 2.05. The number of ether oxygens (including phenoxy) is 1. The van der Waals surface area contributed by atoms with Gasteiger partial charge in [0.2, 0.25) is 5.88 Å². The molecule has 2 aromatic rings. The zero-order valence-electron chi connectivity index (χ0n) is 10.5. The van der Waals surface area contributed by atoms with Crippen LogP contribution in [0.4, 0.5) is 4.39 Å². The first kappa shape index (κ1) is 14.0. The zero-order valence-corrected chi connectivity index (χ0v) is 12.1. The van der Waals surface area contributed by atoms with E-state index in [1.807, 2.05) is 13.0 Å². The highest BCUT2D eigenvalue weighted by molar-refractivity contribution is 9.10. The number of halogens is 2. The molecule has 19 heavy (non-hydrogen) atoms. The molecule has 2 rings (SSSR count). The summed E-state index contributed by atoms with van der Waals surface area (Å²) in [6.07, 6.45) is 0.789. The van der Waals surface area contributed by atoms with E-state index < -0.39 is 0 Å². The lowest BCUT2D eigenvalue weighted by Gasteiger charge is -2.09. The molecule has 0 aliphatic carbocycles. The second kappa shape index (κ2) is 6.12. The van der Waals surface area contributed by atoms with Gasteiger partial charge in [-0.15, -0.1) is 0 Å². The van der Waals surface area contributed by atoms with Crippen molar-refractivity contribution in [2.45, 2.75) is 19.9 Å². The number of nitrogens with two attached hydrogens (primary N) is 1. The topological polar surface area (TPSA) is 48.1 Å². The van der Waals surface area contributed by atoms with Crippen molar-refractivity contribution in [3.05, 3.63) is 51.9 Å². The van der Waals surface area contributed by atoms with Gasteiger partial charge in [-0.1, -0.05) is 22.9 Å². The molecule has 5 heteroatoms. The van der Waals surface area contributed by atoms with Crippen LogP contribution in [0.25, 0.3) is 0 Å². The third-order valence-electron chi connectivity index (χ3n) is 2.57. The fraction of sp³-hybridized carbons (Fsp3) is 0.214. The average molecular weight is 325 g/mol. The summed E-state index contributed by atoms with van der Waals surface area (Å²) in [4.78, 5) is 4.34. The van der Waals surface area contributed by atoms with Crippen LogP contribution in [0.1, 0.15) is 18.2 Å². The second-order valence-electron chi connectivity index (χ2n) is 4.07. The minimum Gasteiger partial charge on any atom is -0.439 e. The lowest BCUT2D eigenvalue weighted by Crippen LogP contribution is -2.01. The molecular weight excluding hydrogens is 311 g/mol. The van der Waals surface area contributed by atoms with Crippen LogP contribution in [0.5, 0.6) is 11.6 Å². The van der Waals surface area contributed by atoms with E-state index in [2.05, 4.69) is 20.9 Å². The van der Waals surface area contributed by atoms with E-state index in [9.17, 15) is 4.39 Å². The number of pyridine rings is 1. The molecule has 0 saturated heterocycles. The minimum atomic E-state index is -0.366. The summed E-state index contributed by atoms with van der Waals surface area (Å²) in [5, 5.41) is 0. The first-order valence-electron chi connectivity index (χ1n) is 5.94. The predicted octanol–water partition coefficient (Wildman–Crippen LogP) is 3.80.